The van der Waals surface area contributed by atoms with Crippen LogP contribution in [0.25, 0.3) is 11.3 Å². The molecule has 0 bridgehead atoms. The Morgan fingerprint density at radius 1 is 1.47 bits per heavy atom. The van der Waals surface area contributed by atoms with E-state index in [-0.39, 0.29) is 23.0 Å². The van der Waals surface area contributed by atoms with Crippen LogP contribution in [0, 0.1) is 6.92 Å². The highest BCUT2D eigenvalue weighted by atomic mass is 79.9. The van der Waals surface area contributed by atoms with Gasteiger partial charge in [0.2, 0.25) is 0 Å². The second-order valence-corrected chi connectivity index (χ2v) is 4.61. The van der Waals surface area contributed by atoms with Crippen molar-refractivity contribution in [3.05, 3.63) is 27.9 Å². The van der Waals surface area contributed by atoms with Crippen molar-refractivity contribution in [3.63, 3.8) is 0 Å². The van der Waals surface area contributed by atoms with Gasteiger partial charge in [-0.1, -0.05) is 5.16 Å². The van der Waals surface area contributed by atoms with Crippen LogP contribution in [0.4, 0.5) is 0 Å². The van der Waals surface area contributed by atoms with Crippen LogP contribution in [0.5, 0.6) is 11.5 Å². The van der Waals surface area contributed by atoms with Crippen LogP contribution >= 0.6 is 15.9 Å². The summed E-state index contributed by atoms with van der Waals surface area (Å²) in [7, 11) is 1.43. The number of phenolic OH excluding ortho intramolecular Hbond substituents is 1. The number of ether oxygens (including phenoxy) is 1. The largest absolute Gasteiger partial charge is 0.504 e. The molecular formula is C12H10BrNO5. The molecule has 0 saturated heterocycles. The van der Waals surface area contributed by atoms with Gasteiger partial charge < -0.3 is 19.5 Å². The van der Waals surface area contributed by atoms with E-state index < -0.39 is 5.97 Å². The number of carboxylic acid groups (broad SMARTS) is 1. The number of hydrogen-bond donors (Lipinski definition) is 2. The van der Waals surface area contributed by atoms with Crippen molar-refractivity contribution in [3.8, 4) is 22.8 Å². The Hall–Kier alpha value is -2.02. The highest BCUT2D eigenvalue weighted by Crippen LogP contribution is 2.44. The summed E-state index contributed by atoms with van der Waals surface area (Å²) >= 11 is 3.33. The van der Waals surface area contributed by atoms with E-state index in [2.05, 4.69) is 21.1 Å². The molecule has 0 amide bonds. The zero-order valence-electron chi connectivity index (χ0n) is 10.1. The first-order chi connectivity index (χ1) is 8.95. The van der Waals surface area contributed by atoms with E-state index in [1.54, 1.807) is 6.07 Å². The molecule has 0 spiro atoms. The molecule has 0 aliphatic rings. The Labute approximate surface area is 116 Å². The quantitative estimate of drug-likeness (QED) is 0.900. The van der Waals surface area contributed by atoms with Gasteiger partial charge in [0, 0.05) is 10.5 Å². The molecule has 0 radical (unpaired) electrons. The van der Waals surface area contributed by atoms with Gasteiger partial charge in [0.25, 0.3) is 0 Å². The van der Waals surface area contributed by atoms with E-state index in [1.807, 2.05) is 6.92 Å². The molecule has 0 atom stereocenters. The van der Waals surface area contributed by atoms with Crippen LogP contribution in [0.2, 0.25) is 0 Å². The van der Waals surface area contributed by atoms with Crippen LogP contribution in [0.3, 0.4) is 0 Å². The Kier molecular flexibility index (Phi) is 3.48. The normalized spacial score (nSPS) is 10.5. The van der Waals surface area contributed by atoms with Gasteiger partial charge in [-0.25, -0.2) is 4.79 Å². The molecule has 0 aliphatic carbocycles. The number of aromatic carboxylic acids is 1. The van der Waals surface area contributed by atoms with Crippen LogP contribution in [0.1, 0.15) is 16.1 Å². The van der Waals surface area contributed by atoms with Crippen LogP contribution in [-0.4, -0.2) is 28.4 Å². The first kappa shape index (κ1) is 13.4. The van der Waals surface area contributed by atoms with E-state index in [0.717, 1.165) is 5.56 Å². The molecule has 2 N–H and O–H groups in total. The number of aryl methyl sites for hydroxylation is 1. The van der Waals surface area contributed by atoms with Crippen molar-refractivity contribution in [2.75, 3.05) is 7.11 Å². The average molecular weight is 328 g/mol. The molecule has 0 saturated carbocycles. The highest BCUT2D eigenvalue weighted by molar-refractivity contribution is 9.10. The smallest absolute Gasteiger partial charge is 0.358 e. The second kappa shape index (κ2) is 4.93. The third kappa shape index (κ3) is 2.28. The SMILES string of the molecule is COc1cc(C)c(Br)c(-c2cc(C(=O)O)no2)c1O. The predicted octanol–water partition coefficient (Wildman–Crippen LogP) is 2.82. The molecule has 1 aromatic heterocycles. The van der Waals surface area contributed by atoms with Gasteiger partial charge in [-0.2, -0.15) is 0 Å². The van der Waals surface area contributed by atoms with E-state index >= 15 is 0 Å². The zero-order chi connectivity index (χ0) is 14.2. The number of hydrogen-bond acceptors (Lipinski definition) is 5. The number of carboxylic acids is 1. The average Bonchev–Trinajstić information content (AvgIpc) is 2.83. The summed E-state index contributed by atoms with van der Waals surface area (Å²) in [6.07, 6.45) is 0. The van der Waals surface area contributed by atoms with Crippen LogP contribution in [-0.2, 0) is 0 Å². The first-order valence-corrected chi connectivity index (χ1v) is 6.01. The fraction of sp³-hybridized carbons (Fsp3) is 0.167. The van der Waals surface area contributed by atoms with Crippen molar-refractivity contribution < 1.29 is 24.3 Å². The zero-order valence-corrected chi connectivity index (χ0v) is 11.7. The molecule has 7 heteroatoms. The lowest BCUT2D eigenvalue weighted by molar-refractivity contribution is 0.0686. The van der Waals surface area contributed by atoms with Crippen molar-refractivity contribution in [2.45, 2.75) is 6.92 Å². The molecule has 2 rings (SSSR count). The van der Waals surface area contributed by atoms with Crippen molar-refractivity contribution in [2.24, 2.45) is 0 Å². The molecule has 0 aliphatic heterocycles. The number of phenols is 1. The Balaban J connectivity index is 2.66. The number of halogens is 1. The van der Waals surface area contributed by atoms with Crippen LogP contribution < -0.4 is 4.74 Å². The number of carbonyl (C=O) groups is 1. The van der Waals surface area contributed by atoms with Gasteiger partial charge in [0.15, 0.2) is 23.0 Å². The van der Waals surface area contributed by atoms with Gasteiger partial charge in [-0.3, -0.25) is 0 Å². The maximum atomic E-state index is 10.8. The van der Waals surface area contributed by atoms with Gasteiger partial charge >= 0.3 is 5.97 Å². The molecule has 100 valence electrons. The summed E-state index contributed by atoms with van der Waals surface area (Å²) in [5, 5.41) is 22.3. The van der Waals surface area contributed by atoms with Gasteiger partial charge in [0.05, 0.1) is 12.7 Å². The van der Waals surface area contributed by atoms with E-state index in [9.17, 15) is 9.90 Å². The number of rotatable bonds is 3. The number of nitrogens with zero attached hydrogens (tertiary/aromatic N) is 1. The minimum atomic E-state index is -1.20. The summed E-state index contributed by atoms with van der Waals surface area (Å²) < 4.78 is 10.6. The molecule has 0 fully saturated rings. The van der Waals surface area contributed by atoms with Crippen molar-refractivity contribution in [1.82, 2.24) is 5.16 Å². The van der Waals surface area contributed by atoms with E-state index in [0.29, 0.717) is 10.0 Å². The highest BCUT2D eigenvalue weighted by Gasteiger charge is 2.21. The Morgan fingerprint density at radius 2 is 2.16 bits per heavy atom. The number of benzene rings is 1. The summed E-state index contributed by atoms with van der Waals surface area (Å²) in [6.45, 7) is 1.81. The van der Waals surface area contributed by atoms with Crippen molar-refractivity contribution >= 4 is 21.9 Å². The minimum absolute atomic E-state index is 0.142. The fourth-order valence-corrected chi connectivity index (χ4v) is 2.12. The van der Waals surface area contributed by atoms with E-state index in [4.69, 9.17) is 14.4 Å². The molecular weight excluding hydrogens is 318 g/mol. The number of aromatic hydroxyl groups is 1. The molecule has 2 aromatic rings. The lowest BCUT2D eigenvalue weighted by Crippen LogP contribution is -1.94. The van der Waals surface area contributed by atoms with Gasteiger partial charge in [0.1, 0.15) is 0 Å². The third-order valence-electron chi connectivity index (χ3n) is 2.58. The van der Waals surface area contributed by atoms with Crippen LogP contribution in [0.15, 0.2) is 21.1 Å². The summed E-state index contributed by atoms with van der Waals surface area (Å²) in [5.74, 6) is -0.939. The summed E-state index contributed by atoms with van der Waals surface area (Å²) in [5.41, 5.74) is 0.872. The van der Waals surface area contributed by atoms with Crippen molar-refractivity contribution in [1.29, 1.82) is 0 Å². The monoisotopic (exact) mass is 327 g/mol. The topological polar surface area (TPSA) is 92.8 Å². The molecule has 19 heavy (non-hydrogen) atoms. The molecule has 1 heterocycles. The maximum Gasteiger partial charge on any atom is 0.358 e. The lowest BCUT2D eigenvalue weighted by atomic mass is 10.1. The fourth-order valence-electron chi connectivity index (χ4n) is 1.63. The maximum absolute atomic E-state index is 10.8. The second-order valence-electron chi connectivity index (χ2n) is 3.81. The molecule has 0 unspecified atom stereocenters. The summed E-state index contributed by atoms with van der Waals surface area (Å²) in [4.78, 5) is 10.8. The first-order valence-electron chi connectivity index (χ1n) is 5.22. The lowest BCUT2D eigenvalue weighted by Gasteiger charge is -2.11. The number of methoxy groups -OCH3 is 1. The summed E-state index contributed by atoms with van der Waals surface area (Å²) in [6, 6.07) is 2.89. The predicted molar refractivity (Wildman–Crippen MR) is 69.6 cm³/mol. The Bertz CT molecular complexity index is 650. The molecule has 6 nitrogen and oxygen atoms in total. The molecule has 1 aromatic carbocycles. The van der Waals surface area contributed by atoms with E-state index in [1.165, 1.54) is 13.2 Å². The standard InChI is InChI=1S/C12H10BrNO5/c1-5-3-8(18-2)11(15)9(10(5)13)7-4-6(12(16)17)14-19-7/h3-4,15H,1-2H3,(H,16,17). The Morgan fingerprint density at radius 3 is 2.68 bits per heavy atom. The van der Waals surface area contributed by atoms with Gasteiger partial charge in [-0.15, -0.1) is 0 Å². The third-order valence-corrected chi connectivity index (χ3v) is 3.60. The number of aromatic nitrogens is 1. The van der Waals surface area contributed by atoms with Gasteiger partial charge in [-0.05, 0) is 34.5 Å². The minimum Gasteiger partial charge on any atom is -0.504 e.